The van der Waals surface area contributed by atoms with Gasteiger partial charge < -0.3 is 18.9 Å². The molecule has 0 N–H and O–H groups in total. The predicted molar refractivity (Wildman–Crippen MR) is 134 cm³/mol. The van der Waals surface area contributed by atoms with Crippen LogP contribution in [0.4, 0.5) is 4.79 Å². The van der Waals surface area contributed by atoms with Crippen LogP contribution in [0.5, 0.6) is 0 Å². The molecule has 0 aromatic rings. The molecule has 0 spiro atoms. The third-order valence-electron chi connectivity index (χ3n) is 5.85. The van der Waals surface area contributed by atoms with E-state index in [-0.39, 0.29) is 19.2 Å². The summed E-state index contributed by atoms with van der Waals surface area (Å²) in [7, 11) is 1.50. The fraction of sp³-hybridized carbons (Fsp3) is 0.926. The van der Waals surface area contributed by atoms with Crippen LogP contribution < -0.4 is 0 Å². The Morgan fingerprint density at radius 3 is 1.52 bits per heavy atom. The molecule has 0 aliphatic heterocycles. The molecule has 1 atom stereocenters. The average molecular weight is 473 g/mol. The molecule has 1 unspecified atom stereocenters. The largest absolute Gasteiger partial charge is 0.508 e. The van der Waals surface area contributed by atoms with E-state index in [1.807, 2.05) is 6.92 Å². The highest BCUT2D eigenvalue weighted by molar-refractivity contribution is 5.69. The first-order valence-corrected chi connectivity index (χ1v) is 13.6. The van der Waals surface area contributed by atoms with Crippen LogP contribution in [-0.4, -0.2) is 45.2 Å². The highest BCUT2D eigenvalue weighted by Crippen LogP contribution is 2.14. The zero-order valence-corrected chi connectivity index (χ0v) is 21.9. The van der Waals surface area contributed by atoms with E-state index in [1.165, 1.54) is 90.6 Å². The van der Waals surface area contributed by atoms with Gasteiger partial charge in [0.05, 0.1) is 6.61 Å². The van der Waals surface area contributed by atoms with Crippen LogP contribution in [0.25, 0.3) is 0 Å². The number of esters is 1. The van der Waals surface area contributed by atoms with Crippen molar-refractivity contribution >= 4 is 12.1 Å². The molecule has 0 fully saturated rings. The van der Waals surface area contributed by atoms with E-state index in [2.05, 4.69) is 6.92 Å². The molecule has 0 aliphatic carbocycles. The average Bonchev–Trinajstić information content (AvgIpc) is 2.81. The quantitative estimate of drug-likeness (QED) is 0.106. The maximum Gasteiger partial charge on any atom is 0.508 e. The van der Waals surface area contributed by atoms with Gasteiger partial charge in [-0.3, -0.25) is 4.79 Å². The molecule has 0 amide bonds. The summed E-state index contributed by atoms with van der Waals surface area (Å²) < 4.78 is 20.3. The van der Waals surface area contributed by atoms with Crippen LogP contribution in [0.2, 0.25) is 0 Å². The van der Waals surface area contributed by atoms with Gasteiger partial charge in [-0.1, -0.05) is 110 Å². The first-order valence-electron chi connectivity index (χ1n) is 13.6. The summed E-state index contributed by atoms with van der Waals surface area (Å²) in [5.74, 6) is -0.225. The van der Waals surface area contributed by atoms with Crippen molar-refractivity contribution in [2.24, 2.45) is 0 Å². The lowest BCUT2D eigenvalue weighted by molar-refractivity contribution is -0.148. The van der Waals surface area contributed by atoms with Gasteiger partial charge in [0.15, 0.2) is 0 Å². The van der Waals surface area contributed by atoms with Gasteiger partial charge in [0.25, 0.3) is 0 Å². The predicted octanol–water partition coefficient (Wildman–Crippen LogP) is 7.76. The van der Waals surface area contributed by atoms with Crippen LogP contribution in [0.3, 0.4) is 0 Å². The molecular weight excluding hydrogens is 420 g/mol. The topological polar surface area (TPSA) is 71.1 Å². The van der Waals surface area contributed by atoms with Gasteiger partial charge in [-0.05, 0) is 12.8 Å². The molecule has 0 saturated heterocycles. The summed E-state index contributed by atoms with van der Waals surface area (Å²) in [6, 6.07) is 0. The Labute approximate surface area is 203 Å². The minimum atomic E-state index is -0.713. The van der Waals surface area contributed by atoms with E-state index < -0.39 is 12.3 Å². The van der Waals surface area contributed by atoms with Gasteiger partial charge in [-0.15, -0.1) is 0 Å². The van der Waals surface area contributed by atoms with Gasteiger partial charge in [-0.2, -0.15) is 0 Å². The summed E-state index contributed by atoms with van der Waals surface area (Å²) >= 11 is 0. The fourth-order valence-corrected chi connectivity index (χ4v) is 3.59. The van der Waals surface area contributed by atoms with Crippen LogP contribution in [0.1, 0.15) is 129 Å². The Hall–Kier alpha value is -1.30. The standard InChI is InChI=1S/C27H52O6/c1-4-6-8-9-10-11-12-13-14-15-16-17-18-19-20-21-26(28)32-23-25(30-3)24-33-27(29)31-22-7-5-2/h25H,4-24H2,1-3H3. The second kappa shape index (κ2) is 25.3. The Morgan fingerprint density at radius 1 is 0.576 bits per heavy atom. The van der Waals surface area contributed by atoms with Gasteiger partial charge in [0.2, 0.25) is 0 Å². The summed E-state index contributed by atoms with van der Waals surface area (Å²) in [6.07, 6.45) is 20.5. The Balaban J connectivity index is 3.46. The molecule has 6 heteroatoms. The number of ether oxygens (including phenoxy) is 4. The third-order valence-corrected chi connectivity index (χ3v) is 5.85. The van der Waals surface area contributed by atoms with E-state index in [9.17, 15) is 9.59 Å². The van der Waals surface area contributed by atoms with Crippen LogP contribution in [0.15, 0.2) is 0 Å². The molecule has 0 radical (unpaired) electrons. The molecule has 0 bridgehead atoms. The highest BCUT2D eigenvalue weighted by atomic mass is 16.7. The molecule has 0 aromatic heterocycles. The zero-order chi connectivity index (χ0) is 24.4. The number of hydrogen-bond donors (Lipinski definition) is 0. The van der Waals surface area contributed by atoms with E-state index in [4.69, 9.17) is 18.9 Å². The summed E-state index contributed by atoms with van der Waals surface area (Å²) in [4.78, 5) is 23.3. The number of hydrogen-bond acceptors (Lipinski definition) is 6. The Bertz CT molecular complexity index is 440. The van der Waals surface area contributed by atoms with Crippen molar-refractivity contribution in [1.82, 2.24) is 0 Å². The van der Waals surface area contributed by atoms with Crippen molar-refractivity contribution in [2.45, 2.75) is 136 Å². The first-order chi connectivity index (χ1) is 16.1. The lowest BCUT2D eigenvalue weighted by atomic mass is 10.0. The lowest BCUT2D eigenvalue weighted by Gasteiger charge is -2.15. The highest BCUT2D eigenvalue weighted by Gasteiger charge is 2.14. The molecule has 0 heterocycles. The third kappa shape index (κ3) is 23.6. The van der Waals surface area contributed by atoms with Gasteiger partial charge in [0.1, 0.15) is 19.3 Å². The normalized spacial score (nSPS) is 11.8. The molecule has 0 rings (SSSR count). The molecular formula is C27H52O6. The van der Waals surface area contributed by atoms with Gasteiger partial charge in [0, 0.05) is 13.5 Å². The number of methoxy groups -OCH3 is 1. The zero-order valence-electron chi connectivity index (χ0n) is 21.9. The van der Waals surface area contributed by atoms with Crippen molar-refractivity contribution in [2.75, 3.05) is 26.9 Å². The van der Waals surface area contributed by atoms with Crippen molar-refractivity contribution in [3.63, 3.8) is 0 Å². The second-order valence-corrected chi connectivity index (χ2v) is 9.00. The Morgan fingerprint density at radius 2 is 1.03 bits per heavy atom. The van der Waals surface area contributed by atoms with Crippen molar-refractivity contribution in [3.05, 3.63) is 0 Å². The fourth-order valence-electron chi connectivity index (χ4n) is 3.59. The van der Waals surface area contributed by atoms with Gasteiger partial charge >= 0.3 is 12.1 Å². The molecule has 0 aliphatic rings. The minimum Gasteiger partial charge on any atom is -0.463 e. The van der Waals surface area contributed by atoms with Gasteiger partial charge in [-0.25, -0.2) is 4.79 Å². The van der Waals surface area contributed by atoms with Crippen LogP contribution >= 0.6 is 0 Å². The SMILES string of the molecule is CCCCCCCCCCCCCCCCCC(=O)OCC(COC(=O)OCCCC)OC. The summed E-state index contributed by atoms with van der Waals surface area (Å²) in [5, 5.41) is 0. The van der Waals surface area contributed by atoms with E-state index >= 15 is 0 Å². The second-order valence-electron chi connectivity index (χ2n) is 9.00. The van der Waals surface area contributed by atoms with E-state index in [1.54, 1.807) is 0 Å². The smallest absolute Gasteiger partial charge is 0.463 e. The minimum absolute atomic E-state index is 0.00764. The monoisotopic (exact) mass is 472 g/mol. The van der Waals surface area contributed by atoms with Crippen LogP contribution in [0, 0.1) is 0 Å². The van der Waals surface area contributed by atoms with Crippen molar-refractivity contribution in [1.29, 1.82) is 0 Å². The number of carbonyl (C=O) groups is 2. The molecule has 6 nitrogen and oxygen atoms in total. The number of carbonyl (C=O) groups excluding carboxylic acids is 2. The van der Waals surface area contributed by atoms with Crippen molar-refractivity contribution in [3.8, 4) is 0 Å². The summed E-state index contributed by atoms with van der Waals surface area (Å²) in [5.41, 5.74) is 0. The lowest BCUT2D eigenvalue weighted by Crippen LogP contribution is -2.27. The van der Waals surface area contributed by atoms with E-state index in [0.717, 1.165) is 25.7 Å². The van der Waals surface area contributed by atoms with E-state index in [0.29, 0.717) is 13.0 Å². The maximum atomic E-state index is 11.9. The van der Waals surface area contributed by atoms with Crippen molar-refractivity contribution < 1.29 is 28.5 Å². The summed E-state index contributed by atoms with van der Waals surface area (Å²) in [6.45, 7) is 4.72. The Kier molecular flexibility index (Phi) is 24.3. The number of unbranched alkanes of at least 4 members (excludes halogenated alkanes) is 15. The first kappa shape index (κ1) is 31.7. The molecule has 196 valence electrons. The van der Waals surface area contributed by atoms with Crippen LogP contribution in [-0.2, 0) is 23.7 Å². The molecule has 0 aromatic carbocycles. The molecule has 0 saturated carbocycles. The number of rotatable bonds is 24. The molecule has 33 heavy (non-hydrogen) atoms. The maximum absolute atomic E-state index is 11.9.